The maximum Gasteiger partial charge on any atom is 0.128 e. The molecule has 0 radical (unpaired) electrons. The summed E-state index contributed by atoms with van der Waals surface area (Å²) in [6.45, 7) is 3.65. The fraction of sp³-hybridized carbons (Fsp3) is 0.571. The van der Waals surface area contributed by atoms with Crippen molar-refractivity contribution >= 4 is 0 Å². The van der Waals surface area contributed by atoms with E-state index in [9.17, 15) is 4.39 Å². The third kappa shape index (κ3) is 3.05. The van der Waals surface area contributed by atoms with Crippen LogP contribution in [0.2, 0.25) is 0 Å². The molecule has 2 rings (SSSR count). The van der Waals surface area contributed by atoms with Crippen LogP contribution >= 0.6 is 0 Å². The van der Waals surface area contributed by atoms with Gasteiger partial charge in [0.2, 0.25) is 0 Å². The van der Waals surface area contributed by atoms with Gasteiger partial charge in [0.1, 0.15) is 5.82 Å². The molecule has 2 atom stereocenters. The number of nitrogens with one attached hydrogen (secondary N) is 1. The maximum atomic E-state index is 13.8. The van der Waals surface area contributed by atoms with Crippen LogP contribution in [0.5, 0.6) is 0 Å². The van der Waals surface area contributed by atoms with Gasteiger partial charge in [-0.25, -0.2) is 4.39 Å². The van der Waals surface area contributed by atoms with Crippen molar-refractivity contribution in [3.05, 3.63) is 35.6 Å². The highest BCUT2D eigenvalue weighted by molar-refractivity contribution is 5.22. The minimum atomic E-state index is -0.146. The highest BCUT2D eigenvalue weighted by atomic mass is 19.1. The first kappa shape index (κ1) is 12.5. The van der Waals surface area contributed by atoms with Crippen molar-refractivity contribution < 1.29 is 9.13 Å². The topological polar surface area (TPSA) is 21.3 Å². The first-order valence-corrected chi connectivity index (χ1v) is 6.42. The lowest BCUT2D eigenvalue weighted by atomic mass is 9.95. The van der Waals surface area contributed by atoms with Gasteiger partial charge in [-0.05, 0) is 31.9 Å². The molecular weight excluding hydrogens is 217 g/mol. The number of hydrogen-bond acceptors (Lipinski definition) is 2. The lowest BCUT2D eigenvalue weighted by Gasteiger charge is -2.31. The zero-order valence-corrected chi connectivity index (χ0v) is 10.3. The van der Waals surface area contributed by atoms with Crippen LogP contribution in [-0.4, -0.2) is 19.3 Å². The molecule has 0 aliphatic carbocycles. The molecule has 1 N–H and O–H groups in total. The van der Waals surface area contributed by atoms with E-state index in [4.69, 9.17) is 4.74 Å². The minimum Gasteiger partial charge on any atom is -0.376 e. The summed E-state index contributed by atoms with van der Waals surface area (Å²) < 4.78 is 19.6. The van der Waals surface area contributed by atoms with Crippen LogP contribution in [0.1, 0.15) is 37.8 Å². The molecule has 1 saturated heterocycles. The first-order chi connectivity index (χ1) is 8.33. The number of likely N-dealkylation sites (N-methyl/N-ethyl adjacent to an activating group) is 1. The summed E-state index contributed by atoms with van der Waals surface area (Å²) in [6, 6.07) is 6.94. The summed E-state index contributed by atoms with van der Waals surface area (Å²) >= 11 is 0. The molecule has 0 saturated carbocycles. The molecule has 1 fully saturated rings. The molecule has 0 spiro atoms. The van der Waals surface area contributed by atoms with Crippen molar-refractivity contribution in [1.82, 2.24) is 5.32 Å². The standard InChI is InChI=1S/C14H20FNO/c1-2-16-14(13-9-5-6-10-17-13)11-7-3-4-8-12(11)15/h3-4,7-8,13-14,16H,2,5-6,9-10H2,1H3. The average molecular weight is 237 g/mol. The van der Waals surface area contributed by atoms with Crippen LogP contribution in [-0.2, 0) is 4.74 Å². The Morgan fingerprint density at radius 1 is 1.41 bits per heavy atom. The lowest BCUT2D eigenvalue weighted by Crippen LogP contribution is -2.36. The molecule has 0 bridgehead atoms. The molecule has 1 aromatic rings. The zero-order chi connectivity index (χ0) is 12.1. The predicted molar refractivity (Wildman–Crippen MR) is 66.4 cm³/mol. The SMILES string of the molecule is CCNC(c1ccccc1F)C1CCCCO1. The Bertz CT molecular complexity index is 350. The molecule has 2 nitrogen and oxygen atoms in total. The van der Waals surface area contributed by atoms with E-state index in [1.807, 2.05) is 19.1 Å². The maximum absolute atomic E-state index is 13.8. The molecule has 17 heavy (non-hydrogen) atoms. The average Bonchev–Trinajstić information content (AvgIpc) is 2.38. The fourth-order valence-corrected chi connectivity index (χ4v) is 2.42. The van der Waals surface area contributed by atoms with Crippen molar-refractivity contribution in [2.45, 2.75) is 38.3 Å². The third-order valence-corrected chi connectivity index (χ3v) is 3.25. The van der Waals surface area contributed by atoms with Gasteiger partial charge >= 0.3 is 0 Å². The van der Waals surface area contributed by atoms with Crippen LogP contribution in [0.4, 0.5) is 4.39 Å². The van der Waals surface area contributed by atoms with E-state index in [1.165, 1.54) is 12.5 Å². The van der Waals surface area contributed by atoms with E-state index >= 15 is 0 Å². The number of ether oxygens (including phenoxy) is 1. The van der Waals surface area contributed by atoms with Gasteiger partial charge in [0.05, 0.1) is 12.1 Å². The number of halogens is 1. The second-order valence-corrected chi connectivity index (χ2v) is 4.46. The molecule has 3 heteroatoms. The monoisotopic (exact) mass is 237 g/mol. The summed E-state index contributed by atoms with van der Waals surface area (Å²) in [5.41, 5.74) is 0.723. The Labute approximate surface area is 102 Å². The highest BCUT2D eigenvalue weighted by Crippen LogP contribution is 2.27. The Morgan fingerprint density at radius 3 is 2.88 bits per heavy atom. The van der Waals surface area contributed by atoms with E-state index < -0.39 is 0 Å². The van der Waals surface area contributed by atoms with Gasteiger partial charge in [-0.1, -0.05) is 25.1 Å². The van der Waals surface area contributed by atoms with Gasteiger partial charge in [0.25, 0.3) is 0 Å². The first-order valence-electron chi connectivity index (χ1n) is 6.42. The van der Waals surface area contributed by atoms with Gasteiger partial charge in [-0.2, -0.15) is 0 Å². The van der Waals surface area contributed by atoms with Crippen LogP contribution in [0, 0.1) is 5.82 Å². The van der Waals surface area contributed by atoms with E-state index in [1.54, 1.807) is 6.07 Å². The molecular formula is C14H20FNO. The normalized spacial score (nSPS) is 22.4. The van der Waals surface area contributed by atoms with Gasteiger partial charge in [-0.15, -0.1) is 0 Å². The number of hydrogen-bond donors (Lipinski definition) is 1. The smallest absolute Gasteiger partial charge is 0.128 e. The molecule has 1 aliphatic heterocycles. The van der Waals surface area contributed by atoms with E-state index in [0.29, 0.717) is 0 Å². The Kier molecular flexibility index (Phi) is 4.51. The van der Waals surface area contributed by atoms with Crippen molar-refractivity contribution in [3.63, 3.8) is 0 Å². The molecule has 0 aromatic heterocycles. The molecule has 94 valence electrons. The van der Waals surface area contributed by atoms with Crippen LogP contribution < -0.4 is 5.32 Å². The van der Waals surface area contributed by atoms with Crippen molar-refractivity contribution in [2.24, 2.45) is 0 Å². The van der Waals surface area contributed by atoms with Gasteiger partial charge in [-0.3, -0.25) is 0 Å². The molecule has 2 unspecified atom stereocenters. The molecule has 1 heterocycles. The Balaban J connectivity index is 2.18. The summed E-state index contributed by atoms with van der Waals surface area (Å²) in [4.78, 5) is 0. The van der Waals surface area contributed by atoms with E-state index in [2.05, 4.69) is 5.32 Å². The second kappa shape index (κ2) is 6.12. The van der Waals surface area contributed by atoms with Crippen molar-refractivity contribution in [2.75, 3.05) is 13.2 Å². The summed E-state index contributed by atoms with van der Waals surface area (Å²) in [6.07, 6.45) is 3.39. The quantitative estimate of drug-likeness (QED) is 0.869. The summed E-state index contributed by atoms with van der Waals surface area (Å²) in [7, 11) is 0. The molecule has 0 amide bonds. The number of benzene rings is 1. The largest absolute Gasteiger partial charge is 0.376 e. The summed E-state index contributed by atoms with van der Waals surface area (Å²) in [5.74, 6) is -0.146. The van der Waals surface area contributed by atoms with Crippen molar-refractivity contribution in [1.29, 1.82) is 0 Å². The van der Waals surface area contributed by atoms with Crippen LogP contribution in [0.3, 0.4) is 0 Å². The second-order valence-electron chi connectivity index (χ2n) is 4.46. The van der Waals surface area contributed by atoms with Gasteiger partial charge < -0.3 is 10.1 Å². The van der Waals surface area contributed by atoms with Crippen molar-refractivity contribution in [3.8, 4) is 0 Å². The lowest BCUT2D eigenvalue weighted by molar-refractivity contribution is -0.00856. The highest BCUT2D eigenvalue weighted by Gasteiger charge is 2.26. The summed E-state index contributed by atoms with van der Waals surface area (Å²) in [5, 5.41) is 3.34. The predicted octanol–water partition coefficient (Wildman–Crippen LogP) is 3.05. The van der Waals surface area contributed by atoms with Gasteiger partial charge in [0, 0.05) is 12.2 Å². The Hall–Kier alpha value is -0.930. The number of rotatable bonds is 4. The van der Waals surface area contributed by atoms with E-state index in [0.717, 1.165) is 31.6 Å². The zero-order valence-electron chi connectivity index (χ0n) is 10.3. The fourth-order valence-electron chi connectivity index (χ4n) is 2.42. The third-order valence-electron chi connectivity index (χ3n) is 3.25. The van der Waals surface area contributed by atoms with Gasteiger partial charge in [0.15, 0.2) is 0 Å². The Morgan fingerprint density at radius 2 is 2.24 bits per heavy atom. The van der Waals surface area contributed by atoms with E-state index in [-0.39, 0.29) is 18.0 Å². The minimum absolute atomic E-state index is 0.0264. The molecule has 1 aromatic carbocycles. The van der Waals surface area contributed by atoms with Crippen LogP contribution in [0.15, 0.2) is 24.3 Å². The van der Waals surface area contributed by atoms with Crippen LogP contribution in [0.25, 0.3) is 0 Å². The molecule has 1 aliphatic rings.